The van der Waals surface area contributed by atoms with Gasteiger partial charge in [0.05, 0.1) is 38.5 Å². The Labute approximate surface area is 252 Å². The Morgan fingerprint density at radius 2 is 1.84 bits per heavy atom. The van der Waals surface area contributed by atoms with Gasteiger partial charge in [0.1, 0.15) is 28.2 Å². The van der Waals surface area contributed by atoms with Gasteiger partial charge in [0.2, 0.25) is 0 Å². The van der Waals surface area contributed by atoms with Gasteiger partial charge in [-0.1, -0.05) is 37.7 Å². The van der Waals surface area contributed by atoms with E-state index >= 15 is 4.39 Å². The summed E-state index contributed by atoms with van der Waals surface area (Å²) in [5, 5.41) is 20.4. The summed E-state index contributed by atoms with van der Waals surface area (Å²) in [4.78, 5) is 20.2. The fraction of sp³-hybridized carbons (Fsp3) is 0.161. The highest BCUT2D eigenvalue weighted by Crippen LogP contribution is 2.55. The highest BCUT2D eigenvalue weighted by atomic mass is 32.2. The van der Waals surface area contributed by atoms with Crippen molar-refractivity contribution in [2.75, 3.05) is 22.1 Å². The standard InChI is InChI=1S/C31H24F3N5O2S2/c1-31(2)14-39(27-22(40)13-17(34)25(26(27)31)28-35-20-11-15(32)8-10-23(20)42-28)21-6-4-3-5-18(21)36-29(41)38-30-37-19-9-7-16(33)12-24(19)43-30/h3-13,30,37,40H,14H2,1-2H3,(H2,36,38,41). The largest absolute Gasteiger partial charge is 0.506 e. The fourth-order valence-corrected chi connectivity index (χ4v) is 7.74. The predicted octanol–water partition coefficient (Wildman–Crippen LogP) is 8.14. The predicted molar refractivity (Wildman–Crippen MR) is 165 cm³/mol. The second-order valence-corrected chi connectivity index (χ2v) is 13.2. The van der Waals surface area contributed by atoms with Crippen molar-refractivity contribution in [3.8, 4) is 16.3 Å². The summed E-state index contributed by atoms with van der Waals surface area (Å²) in [6.45, 7) is 4.27. The number of anilines is 4. The molecule has 1 unspecified atom stereocenters. The maximum absolute atomic E-state index is 15.7. The van der Waals surface area contributed by atoms with Gasteiger partial charge >= 0.3 is 6.03 Å². The number of para-hydroxylation sites is 2. The molecule has 2 aliphatic heterocycles. The number of benzene rings is 4. The molecule has 3 heterocycles. The van der Waals surface area contributed by atoms with Crippen LogP contribution in [0, 0.1) is 17.5 Å². The van der Waals surface area contributed by atoms with E-state index in [2.05, 4.69) is 20.9 Å². The average Bonchev–Trinajstić information content (AvgIpc) is 3.61. The Kier molecular flexibility index (Phi) is 6.44. The van der Waals surface area contributed by atoms with Crippen molar-refractivity contribution in [3.05, 3.63) is 89.7 Å². The molecule has 0 radical (unpaired) electrons. The van der Waals surface area contributed by atoms with Crippen LogP contribution in [-0.2, 0) is 5.41 Å². The maximum atomic E-state index is 15.7. The van der Waals surface area contributed by atoms with Crippen molar-refractivity contribution in [2.45, 2.75) is 29.7 Å². The molecule has 0 aliphatic carbocycles. The smallest absolute Gasteiger partial charge is 0.321 e. The van der Waals surface area contributed by atoms with Gasteiger partial charge in [-0.15, -0.1) is 11.3 Å². The van der Waals surface area contributed by atoms with Crippen molar-refractivity contribution in [3.63, 3.8) is 0 Å². The number of amides is 2. The Bertz CT molecular complexity index is 1950. The normalized spacial score (nSPS) is 16.6. The summed E-state index contributed by atoms with van der Waals surface area (Å²) in [6.07, 6.45) is 0. The number of nitrogens with zero attached hydrogens (tertiary/aromatic N) is 2. The lowest BCUT2D eigenvalue weighted by molar-refractivity contribution is 0.252. The average molecular weight is 620 g/mol. The van der Waals surface area contributed by atoms with Crippen molar-refractivity contribution >= 4 is 62.1 Å². The van der Waals surface area contributed by atoms with E-state index in [9.17, 15) is 18.7 Å². The third-order valence-electron chi connectivity index (χ3n) is 7.48. The number of phenolic OH excluding ortho intramolecular Hbond substituents is 1. The molecule has 1 aromatic heterocycles. The van der Waals surface area contributed by atoms with E-state index in [1.54, 1.807) is 24.3 Å². The first-order valence-electron chi connectivity index (χ1n) is 13.4. The highest BCUT2D eigenvalue weighted by Gasteiger charge is 2.42. The van der Waals surface area contributed by atoms with Crippen molar-refractivity contribution in [1.82, 2.24) is 10.3 Å². The van der Waals surface area contributed by atoms with E-state index in [1.807, 2.05) is 30.9 Å². The molecule has 0 bridgehead atoms. The molecule has 218 valence electrons. The minimum atomic E-state index is -0.645. The quantitative estimate of drug-likeness (QED) is 0.162. The summed E-state index contributed by atoms with van der Waals surface area (Å²) < 4.78 is 43.9. The van der Waals surface area contributed by atoms with Crippen LogP contribution in [0.5, 0.6) is 5.75 Å². The number of urea groups is 1. The summed E-state index contributed by atoms with van der Waals surface area (Å²) in [7, 11) is 0. The Morgan fingerprint density at radius 3 is 2.67 bits per heavy atom. The molecule has 2 aliphatic rings. The first kappa shape index (κ1) is 27.4. The zero-order valence-corrected chi connectivity index (χ0v) is 24.5. The van der Waals surface area contributed by atoms with Gasteiger partial charge < -0.3 is 26.0 Å². The molecule has 0 spiro atoms. The number of hydrogen-bond donors (Lipinski definition) is 4. The molecule has 1 atom stereocenters. The number of nitrogens with one attached hydrogen (secondary N) is 3. The molecule has 4 N–H and O–H groups in total. The number of hydrogen-bond acceptors (Lipinski definition) is 7. The summed E-state index contributed by atoms with van der Waals surface area (Å²) >= 11 is 2.54. The van der Waals surface area contributed by atoms with Gasteiger partial charge in [-0.05, 0) is 42.5 Å². The van der Waals surface area contributed by atoms with Gasteiger partial charge in [-0.25, -0.2) is 22.9 Å². The van der Waals surface area contributed by atoms with Crippen LogP contribution in [0.1, 0.15) is 19.4 Å². The van der Waals surface area contributed by atoms with Crippen molar-refractivity contribution < 1.29 is 23.1 Å². The maximum Gasteiger partial charge on any atom is 0.321 e. The van der Waals surface area contributed by atoms with Crippen LogP contribution in [0.4, 0.5) is 40.7 Å². The van der Waals surface area contributed by atoms with Crippen LogP contribution < -0.4 is 20.9 Å². The highest BCUT2D eigenvalue weighted by molar-refractivity contribution is 8.00. The molecule has 4 aromatic carbocycles. The van der Waals surface area contributed by atoms with E-state index in [4.69, 9.17) is 0 Å². The second kappa shape index (κ2) is 10.1. The molecule has 0 fully saturated rings. The second-order valence-electron chi connectivity index (χ2n) is 11.0. The zero-order chi connectivity index (χ0) is 30.0. The van der Waals surface area contributed by atoms with E-state index in [0.29, 0.717) is 49.3 Å². The van der Waals surface area contributed by atoms with Gasteiger partial charge in [0, 0.05) is 34.6 Å². The summed E-state index contributed by atoms with van der Waals surface area (Å²) in [5.74, 6) is -1.66. The molecule has 7 rings (SSSR count). The number of fused-ring (bicyclic) bond motifs is 3. The van der Waals surface area contributed by atoms with Crippen molar-refractivity contribution in [2.24, 2.45) is 0 Å². The molecule has 12 heteroatoms. The lowest BCUT2D eigenvalue weighted by Crippen LogP contribution is -2.39. The summed E-state index contributed by atoms with van der Waals surface area (Å²) in [6, 6.07) is 16.4. The molecular weight excluding hydrogens is 596 g/mol. The number of thiazole rings is 1. The molecule has 0 saturated carbocycles. The van der Waals surface area contributed by atoms with Gasteiger partial charge in [-0.3, -0.25) is 0 Å². The number of carbonyl (C=O) groups excluding carboxylic acids is 1. The first-order chi connectivity index (χ1) is 20.6. The van der Waals surface area contributed by atoms with E-state index in [1.165, 1.54) is 47.4 Å². The third kappa shape index (κ3) is 4.80. The number of aromatic hydroxyl groups is 1. The van der Waals surface area contributed by atoms with Crippen LogP contribution in [0.3, 0.4) is 0 Å². The van der Waals surface area contributed by atoms with Gasteiger partial charge in [0.15, 0.2) is 5.50 Å². The number of halogens is 3. The lowest BCUT2D eigenvalue weighted by atomic mass is 9.83. The number of carbonyl (C=O) groups is 1. The molecule has 5 aromatic rings. The first-order valence-corrected chi connectivity index (χ1v) is 15.1. The van der Waals surface area contributed by atoms with Crippen LogP contribution in [0.25, 0.3) is 20.8 Å². The number of rotatable bonds is 4. The lowest BCUT2D eigenvalue weighted by Gasteiger charge is -2.25. The summed E-state index contributed by atoms with van der Waals surface area (Å²) in [5.41, 5.74) is 2.30. The van der Waals surface area contributed by atoms with Crippen LogP contribution in [0.2, 0.25) is 0 Å². The topological polar surface area (TPSA) is 89.5 Å². The molecule has 2 amide bonds. The molecule has 7 nitrogen and oxygen atoms in total. The minimum absolute atomic E-state index is 0.246. The number of phenols is 1. The number of aromatic nitrogens is 1. The Hall–Kier alpha value is -4.42. The van der Waals surface area contributed by atoms with E-state index in [0.717, 1.165) is 11.8 Å². The number of thioether (sulfide) groups is 1. The van der Waals surface area contributed by atoms with Crippen molar-refractivity contribution in [1.29, 1.82) is 0 Å². The van der Waals surface area contributed by atoms with E-state index in [-0.39, 0.29) is 17.1 Å². The SMILES string of the molecule is CC1(C)CN(c2ccccc2NC(=O)NC2Nc3ccc(F)cc3S2)c2c(O)cc(F)c(-c3nc4cc(F)ccc4s3)c21. The third-order valence-corrected chi connectivity index (χ3v) is 9.59. The Morgan fingerprint density at radius 1 is 1.07 bits per heavy atom. The van der Waals surface area contributed by atoms with Crippen LogP contribution in [-0.4, -0.2) is 28.2 Å². The molecule has 43 heavy (non-hydrogen) atoms. The van der Waals surface area contributed by atoms with E-state index < -0.39 is 28.6 Å². The van der Waals surface area contributed by atoms with Gasteiger partial charge in [0.25, 0.3) is 0 Å². The van der Waals surface area contributed by atoms with Crippen LogP contribution >= 0.6 is 23.1 Å². The molecule has 0 saturated heterocycles. The zero-order valence-electron chi connectivity index (χ0n) is 22.8. The monoisotopic (exact) mass is 619 g/mol. The Balaban J connectivity index is 1.23. The fourth-order valence-electron chi connectivity index (χ4n) is 5.70. The molecular formula is C31H24F3N5O2S2. The van der Waals surface area contributed by atoms with Gasteiger partial charge in [-0.2, -0.15) is 0 Å². The minimum Gasteiger partial charge on any atom is -0.506 e. The van der Waals surface area contributed by atoms with Crippen LogP contribution in [0.15, 0.2) is 71.6 Å².